The number of rotatable bonds is 6. The minimum Gasteiger partial charge on any atom is -0.337 e. The largest absolute Gasteiger partial charge is 0.337 e. The van der Waals surface area contributed by atoms with Gasteiger partial charge in [-0.15, -0.1) is 0 Å². The fourth-order valence-electron chi connectivity index (χ4n) is 2.28. The number of aromatic nitrogens is 2. The van der Waals surface area contributed by atoms with E-state index in [1.807, 2.05) is 65.8 Å². The van der Waals surface area contributed by atoms with E-state index >= 15 is 0 Å². The standard InChI is InChI=1S/C18H18ClN2O/c19-18-9-5-4-8-17(18)12-20-10-11-21(14-20)15-22-13-16-6-2-1-3-7-16/h1-11,14H,12-13,15H2/q+1. The molecule has 0 unspecified atom stereocenters. The number of ether oxygens (including phenoxy) is 1. The first-order valence-electron chi connectivity index (χ1n) is 7.21. The summed E-state index contributed by atoms with van der Waals surface area (Å²) in [5, 5.41) is 0.795. The molecule has 1 aromatic heterocycles. The fraction of sp³-hybridized carbons (Fsp3) is 0.167. The number of hydrogen-bond donors (Lipinski definition) is 0. The van der Waals surface area contributed by atoms with Gasteiger partial charge in [0.1, 0.15) is 18.9 Å². The third-order valence-corrected chi connectivity index (χ3v) is 3.78. The van der Waals surface area contributed by atoms with Gasteiger partial charge in [-0.2, -0.15) is 0 Å². The summed E-state index contributed by atoms with van der Waals surface area (Å²) in [4.78, 5) is 0. The quantitative estimate of drug-likeness (QED) is 0.635. The van der Waals surface area contributed by atoms with Crippen molar-refractivity contribution in [2.75, 3.05) is 0 Å². The second kappa shape index (κ2) is 7.25. The van der Waals surface area contributed by atoms with Crippen LogP contribution in [0.1, 0.15) is 11.1 Å². The first-order valence-corrected chi connectivity index (χ1v) is 7.59. The molecule has 1 heterocycles. The second-order valence-corrected chi connectivity index (χ2v) is 5.56. The molecule has 0 fully saturated rings. The van der Waals surface area contributed by atoms with Crippen molar-refractivity contribution in [1.82, 2.24) is 4.57 Å². The average Bonchev–Trinajstić information content (AvgIpc) is 2.98. The Kier molecular flexibility index (Phi) is 4.88. The monoisotopic (exact) mass is 313 g/mol. The van der Waals surface area contributed by atoms with Gasteiger partial charge in [0, 0.05) is 10.6 Å². The predicted octanol–water partition coefficient (Wildman–Crippen LogP) is 3.65. The maximum absolute atomic E-state index is 6.19. The number of benzene rings is 2. The van der Waals surface area contributed by atoms with Crippen molar-refractivity contribution in [2.45, 2.75) is 19.9 Å². The van der Waals surface area contributed by atoms with Gasteiger partial charge in [-0.05, 0) is 11.6 Å². The van der Waals surface area contributed by atoms with Crippen molar-refractivity contribution in [3.63, 3.8) is 0 Å². The van der Waals surface area contributed by atoms with Crippen molar-refractivity contribution in [2.24, 2.45) is 0 Å². The van der Waals surface area contributed by atoms with Crippen molar-refractivity contribution >= 4 is 11.6 Å². The third kappa shape index (κ3) is 3.97. The SMILES string of the molecule is Clc1ccccc1C[n+]1ccn(COCc2ccccc2)c1. The minimum atomic E-state index is 0.532. The predicted molar refractivity (Wildman–Crippen MR) is 86.4 cm³/mol. The summed E-state index contributed by atoms with van der Waals surface area (Å²) in [7, 11) is 0. The molecule has 0 saturated heterocycles. The van der Waals surface area contributed by atoms with Crippen LogP contribution < -0.4 is 4.57 Å². The summed E-state index contributed by atoms with van der Waals surface area (Å²) in [5.74, 6) is 0. The summed E-state index contributed by atoms with van der Waals surface area (Å²) < 4.78 is 9.82. The van der Waals surface area contributed by atoms with E-state index in [1.54, 1.807) is 0 Å². The summed E-state index contributed by atoms with van der Waals surface area (Å²) >= 11 is 6.19. The molecular formula is C18H18ClN2O+. The fourth-order valence-corrected chi connectivity index (χ4v) is 2.47. The molecule has 3 aromatic rings. The van der Waals surface area contributed by atoms with Crippen molar-refractivity contribution in [3.05, 3.63) is 89.5 Å². The Morgan fingerprint density at radius 2 is 1.77 bits per heavy atom. The third-order valence-electron chi connectivity index (χ3n) is 3.41. The number of hydrogen-bond acceptors (Lipinski definition) is 1. The molecule has 112 valence electrons. The molecule has 0 bridgehead atoms. The number of imidazole rings is 1. The van der Waals surface area contributed by atoms with Gasteiger partial charge in [-0.3, -0.25) is 0 Å². The van der Waals surface area contributed by atoms with Crippen LogP contribution in [0.4, 0.5) is 0 Å². The van der Waals surface area contributed by atoms with Crippen LogP contribution in [0, 0.1) is 0 Å². The lowest BCUT2D eigenvalue weighted by Gasteiger charge is -2.02. The van der Waals surface area contributed by atoms with Crippen LogP contribution in [0.5, 0.6) is 0 Å². The summed E-state index contributed by atoms with van der Waals surface area (Å²) in [6.45, 7) is 1.90. The lowest BCUT2D eigenvalue weighted by molar-refractivity contribution is -0.688. The molecular weight excluding hydrogens is 296 g/mol. The van der Waals surface area contributed by atoms with E-state index in [1.165, 1.54) is 5.56 Å². The zero-order valence-electron chi connectivity index (χ0n) is 12.2. The normalized spacial score (nSPS) is 10.8. The van der Waals surface area contributed by atoms with E-state index < -0.39 is 0 Å². The van der Waals surface area contributed by atoms with Gasteiger partial charge < -0.3 is 4.74 Å². The Morgan fingerprint density at radius 1 is 1.00 bits per heavy atom. The summed E-state index contributed by atoms with van der Waals surface area (Å²) in [6.07, 6.45) is 6.05. The average molecular weight is 314 g/mol. The van der Waals surface area contributed by atoms with Crippen LogP contribution in [0.2, 0.25) is 5.02 Å². The Bertz CT molecular complexity index is 725. The van der Waals surface area contributed by atoms with Crippen LogP contribution in [0.15, 0.2) is 73.3 Å². The van der Waals surface area contributed by atoms with E-state index in [0.29, 0.717) is 13.3 Å². The molecule has 0 saturated carbocycles. The van der Waals surface area contributed by atoms with Gasteiger partial charge in [0.15, 0.2) is 6.73 Å². The maximum atomic E-state index is 6.19. The van der Waals surface area contributed by atoms with E-state index in [0.717, 1.165) is 17.1 Å². The summed E-state index contributed by atoms with van der Waals surface area (Å²) in [6, 6.07) is 18.1. The number of nitrogens with zero attached hydrogens (tertiary/aromatic N) is 2. The highest BCUT2D eigenvalue weighted by molar-refractivity contribution is 6.31. The Balaban J connectivity index is 1.54. The van der Waals surface area contributed by atoms with Gasteiger partial charge in [0.05, 0.1) is 6.61 Å². The molecule has 4 heteroatoms. The van der Waals surface area contributed by atoms with Gasteiger partial charge in [0.2, 0.25) is 6.33 Å². The van der Waals surface area contributed by atoms with Gasteiger partial charge in [0.25, 0.3) is 0 Å². The maximum Gasteiger partial charge on any atom is 0.245 e. The molecule has 0 aliphatic carbocycles. The molecule has 0 N–H and O–H groups in total. The zero-order chi connectivity index (χ0) is 15.2. The van der Waals surface area contributed by atoms with Crippen molar-refractivity contribution in [1.29, 1.82) is 0 Å². The van der Waals surface area contributed by atoms with Gasteiger partial charge in [-0.1, -0.05) is 60.1 Å². The Hall–Kier alpha value is -2.10. The van der Waals surface area contributed by atoms with E-state index in [4.69, 9.17) is 16.3 Å². The topological polar surface area (TPSA) is 18.0 Å². The number of halogens is 1. The lowest BCUT2D eigenvalue weighted by atomic mass is 10.2. The molecule has 0 atom stereocenters. The molecule has 0 amide bonds. The van der Waals surface area contributed by atoms with Crippen molar-refractivity contribution < 1.29 is 9.30 Å². The van der Waals surface area contributed by atoms with E-state index in [-0.39, 0.29) is 0 Å². The van der Waals surface area contributed by atoms with Gasteiger partial charge >= 0.3 is 0 Å². The summed E-state index contributed by atoms with van der Waals surface area (Å²) in [5.41, 5.74) is 2.29. The van der Waals surface area contributed by atoms with E-state index in [2.05, 4.69) is 16.7 Å². The van der Waals surface area contributed by atoms with Crippen LogP contribution in [-0.2, 0) is 24.6 Å². The first-order chi connectivity index (χ1) is 10.8. The molecule has 22 heavy (non-hydrogen) atoms. The first kappa shape index (κ1) is 14.8. The molecule has 0 aliphatic heterocycles. The molecule has 3 rings (SSSR count). The lowest BCUT2D eigenvalue weighted by Crippen LogP contribution is -2.31. The van der Waals surface area contributed by atoms with Crippen LogP contribution >= 0.6 is 11.6 Å². The molecule has 2 aromatic carbocycles. The highest BCUT2D eigenvalue weighted by Crippen LogP contribution is 2.14. The smallest absolute Gasteiger partial charge is 0.245 e. The minimum absolute atomic E-state index is 0.532. The van der Waals surface area contributed by atoms with Gasteiger partial charge in [-0.25, -0.2) is 9.13 Å². The van der Waals surface area contributed by atoms with Crippen LogP contribution in [0.25, 0.3) is 0 Å². The molecule has 0 spiro atoms. The molecule has 0 radical (unpaired) electrons. The highest BCUT2D eigenvalue weighted by atomic mass is 35.5. The van der Waals surface area contributed by atoms with Crippen LogP contribution in [-0.4, -0.2) is 4.57 Å². The molecule has 3 nitrogen and oxygen atoms in total. The van der Waals surface area contributed by atoms with Crippen LogP contribution in [0.3, 0.4) is 0 Å². The Labute approximate surface area is 135 Å². The van der Waals surface area contributed by atoms with E-state index in [9.17, 15) is 0 Å². The zero-order valence-corrected chi connectivity index (χ0v) is 13.0. The Morgan fingerprint density at radius 3 is 2.59 bits per heavy atom. The molecule has 0 aliphatic rings. The van der Waals surface area contributed by atoms with Crippen molar-refractivity contribution in [3.8, 4) is 0 Å². The second-order valence-electron chi connectivity index (χ2n) is 5.15. The highest BCUT2D eigenvalue weighted by Gasteiger charge is 2.07.